The lowest BCUT2D eigenvalue weighted by molar-refractivity contribution is 0.457. The molecule has 2 heterocycles. The second kappa shape index (κ2) is 3.65. The molecule has 2 aromatic rings. The quantitative estimate of drug-likeness (QED) is 0.804. The lowest BCUT2D eigenvalue weighted by atomic mass is 10.2. The van der Waals surface area contributed by atoms with Gasteiger partial charge in [0.25, 0.3) is 0 Å². The van der Waals surface area contributed by atoms with Crippen LogP contribution < -0.4 is 0 Å². The highest BCUT2D eigenvalue weighted by Gasteiger charge is 2.05. The van der Waals surface area contributed by atoms with E-state index in [-0.39, 0.29) is 5.75 Å². The summed E-state index contributed by atoms with van der Waals surface area (Å²) >= 11 is 0. The average Bonchev–Trinajstić information content (AvgIpc) is 2.61. The van der Waals surface area contributed by atoms with E-state index in [9.17, 15) is 5.11 Å². The van der Waals surface area contributed by atoms with Crippen LogP contribution in [-0.4, -0.2) is 19.7 Å². The third-order valence-corrected chi connectivity index (χ3v) is 2.21. The van der Waals surface area contributed by atoms with Crippen molar-refractivity contribution in [3.8, 4) is 5.75 Å². The van der Waals surface area contributed by atoms with Crippen molar-refractivity contribution in [1.29, 1.82) is 0 Å². The van der Waals surface area contributed by atoms with Gasteiger partial charge in [0.1, 0.15) is 0 Å². The Morgan fingerprint density at radius 3 is 3.14 bits per heavy atom. The number of aromatic hydroxyl groups is 1. The smallest absolute Gasteiger partial charge is 0.155 e. The SMILES string of the molecule is CCCCc1nc2ccnn2cc1O. The van der Waals surface area contributed by atoms with Gasteiger partial charge in [-0.1, -0.05) is 13.3 Å². The molecule has 0 aliphatic carbocycles. The lowest BCUT2D eigenvalue weighted by Gasteiger charge is -2.03. The van der Waals surface area contributed by atoms with Gasteiger partial charge in [-0.25, -0.2) is 9.50 Å². The van der Waals surface area contributed by atoms with E-state index in [0.717, 1.165) is 30.6 Å². The highest BCUT2D eigenvalue weighted by atomic mass is 16.3. The Morgan fingerprint density at radius 1 is 1.50 bits per heavy atom. The first-order chi connectivity index (χ1) is 6.81. The summed E-state index contributed by atoms with van der Waals surface area (Å²) in [6.07, 6.45) is 6.25. The summed E-state index contributed by atoms with van der Waals surface area (Å²) in [5, 5.41) is 13.6. The molecule has 0 aromatic carbocycles. The zero-order valence-electron chi connectivity index (χ0n) is 8.14. The van der Waals surface area contributed by atoms with Crippen LogP contribution in [0.2, 0.25) is 0 Å². The van der Waals surface area contributed by atoms with E-state index in [1.54, 1.807) is 16.9 Å². The number of unbranched alkanes of at least 4 members (excludes halogenated alkanes) is 1. The zero-order chi connectivity index (χ0) is 9.97. The normalized spacial score (nSPS) is 10.9. The molecule has 4 heteroatoms. The Morgan fingerprint density at radius 2 is 2.36 bits per heavy atom. The van der Waals surface area contributed by atoms with Gasteiger partial charge in [0.05, 0.1) is 18.1 Å². The van der Waals surface area contributed by atoms with Gasteiger partial charge >= 0.3 is 0 Å². The first-order valence-electron chi connectivity index (χ1n) is 4.83. The van der Waals surface area contributed by atoms with Crippen molar-refractivity contribution in [3.05, 3.63) is 24.2 Å². The molecule has 0 spiro atoms. The number of aryl methyl sites for hydroxylation is 1. The fourth-order valence-electron chi connectivity index (χ4n) is 1.41. The number of hydrogen-bond donors (Lipinski definition) is 1. The highest BCUT2D eigenvalue weighted by molar-refractivity contribution is 5.40. The van der Waals surface area contributed by atoms with Gasteiger partial charge in [-0.3, -0.25) is 0 Å². The minimum Gasteiger partial charge on any atom is -0.504 e. The molecule has 0 bridgehead atoms. The molecule has 14 heavy (non-hydrogen) atoms. The van der Waals surface area contributed by atoms with E-state index in [1.165, 1.54) is 0 Å². The van der Waals surface area contributed by atoms with Gasteiger partial charge in [0.2, 0.25) is 0 Å². The Hall–Kier alpha value is -1.58. The Bertz CT molecular complexity index is 436. The van der Waals surface area contributed by atoms with Crippen molar-refractivity contribution in [2.24, 2.45) is 0 Å². The highest BCUT2D eigenvalue weighted by Crippen LogP contribution is 2.17. The van der Waals surface area contributed by atoms with Crippen molar-refractivity contribution >= 4 is 5.65 Å². The molecule has 0 saturated heterocycles. The zero-order valence-corrected chi connectivity index (χ0v) is 8.14. The Labute approximate surface area is 82.2 Å². The van der Waals surface area contributed by atoms with Gasteiger partial charge in [0, 0.05) is 6.07 Å². The molecule has 0 aliphatic heterocycles. The molecule has 0 unspecified atom stereocenters. The predicted octanol–water partition coefficient (Wildman–Crippen LogP) is 1.78. The molecule has 0 fully saturated rings. The van der Waals surface area contributed by atoms with Crippen molar-refractivity contribution in [2.45, 2.75) is 26.2 Å². The summed E-state index contributed by atoms with van der Waals surface area (Å²) in [4.78, 5) is 4.32. The molecule has 2 rings (SSSR count). The fourth-order valence-corrected chi connectivity index (χ4v) is 1.41. The maximum atomic E-state index is 9.63. The summed E-state index contributed by atoms with van der Waals surface area (Å²) in [5.74, 6) is 0.231. The molecule has 0 atom stereocenters. The molecule has 0 aliphatic rings. The van der Waals surface area contributed by atoms with Gasteiger partial charge in [-0.2, -0.15) is 5.10 Å². The molecule has 2 aromatic heterocycles. The third-order valence-electron chi connectivity index (χ3n) is 2.21. The fraction of sp³-hybridized carbons (Fsp3) is 0.400. The van der Waals surface area contributed by atoms with Crippen molar-refractivity contribution < 1.29 is 5.11 Å². The number of fused-ring (bicyclic) bond motifs is 1. The van der Waals surface area contributed by atoms with E-state index in [4.69, 9.17) is 0 Å². The van der Waals surface area contributed by atoms with Crippen LogP contribution in [0.15, 0.2) is 18.5 Å². The molecule has 4 nitrogen and oxygen atoms in total. The predicted molar refractivity (Wildman–Crippen MR) is 53.3 cm³/mol. The minimum atomic E-state index is 0.231. The van der Waals surface area contributed by atoms with Crippen LogP contribution in [-0.2, 0) is 6.42 Å². The van der Waals surface area contributed by atoms with E-state index >= 15 is 0 Å². The number of aromatic nitrogens is 3. The lowest BCUT2D eigenvalue weighted by Crippen LogP contribution is -1.96. The summed E-state index contributed by atoms with van der Waals surface area (Å²) in [6.45, 7) is 2.12. The van der Waals surface area contributed by atoms with Crippen molar-refractivity contribution in [2.75, 3.05) is 0 Å². The number of rotatable bonds is 3. The first-order valence-corrected chi connectivity index (χ1v) is 4.83. The molecule has 0 saturated carbocycles. The van der Waals surface area contributed by atoms with E-state index in [2.05, 4.69) is 17.0 Å². The standard InChI is InChI=1S/C10H13N3O/c1-2-3-4-8-9(14)7-13-10(12-8)5-6-11-13/h5-7,14H,2-4H2,1H3. The van der Waals surface area contributed by atoms with Crippen molar-refractivity contribution in [3.63, 3.8) is 0 Å². The second-order valence-corrected chi connectivity index (χ2v) is 3.31. The summed E-state index contributed by atoms with van der Waals surface area (Å²) in [5.41, 5.74) is 1.55. The number of hydrogen-bond acceptors (Lipinski definition) is 3. The van der Waals surface area contributed by atoms with Gasteiger partial charge in [0.15, 0.2) is 11.4 Å². The summed E-state index contributed by atoms with van der Waals surface area (Å²) in [7, 11) is 0. The van der Waals surface area contributed by atoms with Gasteiger partial charge in [-0.05, 0) is 12.8 Å². The second-order valence-electron chi connectivity index (χ2n) is 3.31. The maximum absolute atomic E-state index is 9.63. The van der Waals surface area contributed by atoms with Crippen LogP contribution in [0, 0.1) is 0 Å². The van der Waals surface area contributed by atoms with E-state index in [0.29, 0.717) is 0 Å². The van der Waals surface area contributed by atoms with Crippen LogP contribution >= 0.6 is 0 Å². The topological polar surface area (TPSA) is 50.4 Å². The third kappa shape index (κ3) is 1.55. The molecule has 1 N–H and O–H groups in total. The minimum absolute atomic E-state index is 0.231. The maximum Gasteiger partial charge on any atom is 0.155 e. The Balaban J connectivity index is 2.38. The Kier molecular flexibility index (Phi) is 2.35. The van der Waals surface area contributed by atoms with Crippen LogP contribution in [0.5, 0.6) is 5.75 Å². The van der Waals surface area contributed by atoms with E-state index < -0.39 is 0 Å². The largest absolute Gasteiger partial charge is 0.504 e. The monoisotopic (exact) mass is 191 g/mol. The van der Waals surface area contributed by atoms with Gasteiger partial charge < -0.3 is 5.11 Å². The molecular weight excluding hydrogens is 178 g/mol. The van der Waals surface area contributed by atoms with Crippen LogP contribution in [0.4, 0.5) is 0 Å². The summed E-state index contributed by atoms with van der Waals surface area (Å²) < 4.78 is 1.57. The van der Waals surface area contributed by atoms with Crippen molar-refractivity contribution in [1.82, 2.24) is 14.6 Å². The van der Waals surface area contributed by atoms with Gasteiger partial charge in [-0.15, -0.1) is 0 Å². The molecular formula is C10H13N3O. The summed E-state index contributed by atoms with van der Waals surface area (Å²) in [6, 6.07) is 1.83. The first kappa shape index (κ1) is 8.99. The molecule has 0 amide bonds. The van der Waals surface area contributed by atoms with Crippen LogP contribution in [0.1, 0.15) is 25.5 Å². The molecule has 0 radical (unpaired) electrons. The average molecular weight is 191 g/mol. The number of nitrogens with zero attached hydrogens (tertiary/aromatic N) is 3. The van der Waals surface area contributed by atoms with E-state index in [1.807, 2.05) is 6.07 Å². The van der Waals surface area contributed by atoms with Crippen LogP contribution in [0.25, 0.3) is 5.65 Å². The van der Waals surface area contributed by atoms with Crippen LogP contribution in [0.3, 0.4) is 0 Å². The molecule has 74 valence electrons.